The quantitative estimate of drug-likeness (QED) is 0.710. The van der Waals surface area contributed by atoms with Crippen molar-refractivity contribution in [1.82, 2.24) is 13.8 Å². The topological polar surface area (TPSA) is 102 Å². The highest BCUT2D eigenvalue weighted by molar-refractivity contribution is 7.89. The molecule has 2 saturated heterocycles. The molecule has 4 rings (SSSR count). The minimum Gasteiger partial charge on any atom is -0.408 e. The number of sulfonamides is 1. The Balaban J connectivity index is 1.61. The predicted molar refractivity (Wildman–Crippen MR) is 110 cm³/mol. The van der Waals surface area contributed by atoms with Crippen molar-refractivity contribution in [2.75, 3.05) is 39.4 Å². The summed E-state index contributed by atoms with van der Waals surface area (Å²) in [7, 11) is -3.69. The fourth-order valence-electron chi connectivity index (χ4n) is 4.36. The van der Waals surface area contributed by atoms with E-state index in [1.807, 2.05) is 13.8 Å². The number of aromatic nitrogens is 1. The van der Waals surface area contributed by atoms with Gasteiger partial charge in [0.25, 0.3) is 0 Å². The third-order valence-corrected chi connectivity index (χ3v) is 7.60. The van der Waals surface area contributed by atoms with Crippen molar-refractivity contribution in [1.29, 1.82) is 0 Å². The maximum atomic E-state index is 13.1. The fraction of sp³-hybridized carbons (Fsp3) is 0.600. The van der Waals surface area contributed by atoms with Gasteiger partial charge in [0.15, 0.2) is 5.58 Å². The van der Waals surface area contributed by atoms with E-state index in [9.17, 15) is 18.0 Å². The van der Waals surface area contributed by atoms with E-state index in [-0.39, 0.29) is 34.8 Å². The molecule has 0 radical (unpaired) electrons. The summed E-state index contributed by atoms with van der Waals surface area (Å²) in [5.74, 6) is -0.299. The zero-order valence-corrected chi connectivity index (χ0v) is 18.1. The van der Waals surface area contributed by atoms with Crippen LogP contribution in [0, 0.1) is 11.8 Å². The zero-order valence-electron chi connectivity index (χ0n) is 17.2. The number of morpholine rings is 1. The van der Waals surface area contributed by atoms with Crippen LogP contribution in [0.25, 0.3) is 11.1 Å². The second-order valence-electron chi connectivity index (χ2n) is 8.34. The van der Waals surface area contributed by atoms with Crippen LogP contribution in [0.5, 0.6) is 0 Å². The highest BCUT2D eigenvalue weighted by Gasteiger charge is 2.32. The molecule has 3 heterocycles. The first-order valence-electron chi connectivity index (χ1n) is 10.2. The van der Waals surface area contributed by atoms with Crippen LogP contribution in [0.1, 0.15) is 20.3 Å². The van der Waals surface area contributed by atoms with E-state index in [1.165, 1.54) is 27.1 Å². The summed E-state index contributed by atoms with van der Waals surface area (Å²) in [4.78, 5) is 26.6. The minimum atomic E-state index is -3.69. The molecule has 2 aliphatic rings. The van der Waals surface area contributed by atoms with E-state index >= 15 is 0 Å². The first kappa shape index (κ1) is 21.1. The van der Waals surface area contributed by atoms with Crippen LogP contribution in [0.3, 0.4) is 0 Å². The van der Waals surface area contributed by atoms with Gasteiger partial charge in [-0.3, -0.25) is 9.36 Å². The SMILES string of the molecule is C[C@@H]1C[C@H](C)CN(S(=O)(=O)c2ccc3c(c2)oc(=O)n3CC(=O)N2CCOCC2)C1. The van der Waals surface area contributed by atoms with Crippen LogP contribution in [0.4, 0.5) is 0 Å². The molecule has 0 spiro atoms. The molecule has 9 nitrogen and oxygen atoms in total. The molecular formula is C20H27N3O6S. The lowest BCUT2D eigenvalue weighted by atomic mass is 9.94. The molecule has 164 valence electrons. The van der Waals surface area contributed by atoms with Gasteiger partial charge in [0.1, 0.15) is 6.54 Å². The van der Waals surface area contributed by atoms with E-state index in [0.29, 0.717) is 44.9 Å². The number of rotatable bonds is 4. The van der Waals surface area contributed by atoms with E-state index in [0.717, 1.165) is 6.42 Å². The average molecular weight is 438 g/mol. The number of piperidine rings is 1. The van der Waals surface area contributed by atoms with Gasteiger partial charge in [-0.1, -0.05) is 13.8 Å². The minimum absolute atomic E-state index is 0.0942. The molecule has 1 aromatic carbocycles. The number of amides is 1. The molecule has 10 heteroatoms. The van der Waals surface area contributed by atoms with Gasteiger partial charge in [0.05, 0.1) is 23.6 Å². The third kappa shape index (κ3) is 4.03. The highest BCUT2D eigenvalue weighted by atomic mass is 32.2. The van der Waals surface area contributed by atoms with Gasteiger partial charge >= 0.3 is 5.76 Å². The summed E-state index contributed by atoms with van der Waals surface area (Å²) in [6, 6.07) is 4.40. The van der Waals surface area contributed by atoms with Gasteiger partial charge in [-0.05, 0) is 30.4 Å². The number of carbonyl (C=O) groups is 1. The Bertz CT molecular complexity index is 1090. The smallest absolute Gasteiger partial charge is 0.408 e. The Morgan fingerprint density at radius 1 is 1.13 bits per heavy atom. The first-order chi connectivity index (χ1) is 14.3. The maximum absolute atomic E-state index is 13.1. The molecular weight excluding hydrogens is 410 g/mol. The number of fused-ring (bicyclic) bond motifs is 1. The van der Waals surface area contributed by atoms with Gasteiger partial charge in [0, 0.05) is 32.2 Å². The van der Waals surface area contributed by atoms with Gasteiger partial charge in [-0.25, -0.2) is 13.2 Å². The molecule has 0 unspecified atom stereocenters. The van der Waals surface area contributed by atoms with Crippen molar-refractivity contribution in [3.63, 3.8) is 0 Å². The first-order valence-corrected chi connectivity index (χ1v) is 11.7. The summed E-state index contributed by atoms with van der Waals surface area (Å²) in [5.41, 5.74) is 0.565. The molecule has 30 heavy (non-hydrogen) atoms. The summed E-state index contributed by atoms with van der Waals surface area (Å²) in [6.45, 7) is 6.81. The Morgan fingerprint density at radius 3 is 2.47 bits per heavy atom. The third-order valence-electron chi connectivity index (χ3n) is 5.77. The monoisotopic (exact) mass is 437 g/mol. The van der Waals surface area contributed by atoms with Crippen LogP contribution >= 0.6 is 0 Å². The van der Waals surface area contributed by atoms with Crippen molar-refractivity contribution >= 4 is 27.0 Å². The summed E-state index contributed by atoms with van der Waals surface area (Å²) in [5, 5.41) is 0. The second kappa shape index (κ2) is 8.16. The Hall–Kier alpha value is -2.17. The van der Waals surface area contributed by atoms with Crippen molar-refractivity contribution in [2.45, 2.75) is 31.7 Å². The Kier molecular flexibility index (Phi) is 5.73. The van der Waals surface area contributed by atoms with Crippen molar-refractivity contribution in [2.24, 2.45) is 11.8 Å². The molecule has 2 aromatic rings. The average Bonchev–Trinajstić information content (AvgIpc) is 3.02. The van der Waals surface area contributed by atoms with Crippen LogP contribution in [-0.4, -0.2) is 67.5 Å². The van der Waals surface area contributed by atoms with Crippen LogP contribution < -0.4 is 5.76 Å². The van der Waals surface area contributed by atoms with Crippen LogP contribution in [0.2, 0.25) is 0 Å². The van der Waals surface area contributed by atoms with Gasteiger partial charge < -0.3 is 14.1 Å². The summed E-state index contributed by atoms with van der Waals surface area (Å²) in [6.07, 6.45) is 1.000. The number of benzene rings is 1. The molecule has 0 aliphatic carbocycles. The summed E-state index contributed by atoms with van der Waals surface area (Å²) < 4.78 is 39.5. The number of carbonyl (C=O) groups excluding carboxylic acids is 1. The molecule has 1 amide bonds. The van der Waals surface area contributed by atoms with Gasteiger partial charge in [0.2, 0.25) is 15.9 Å². The maximum Gasteiger partial charge on any atom is 0.420 e. The molecule has 2 atom stereocenters. The van der Waals surface area contributed by atoms with Crippen molar-refractivity contribution < 1.29 is 22.4 Å². The fourth-order valence-corrected chi connectivity index (χ4v) is 6.05. The molecule has 0 bridgehead atoms. The number of hydrogen-bond donors (Lipinski definition) is 0. The lowest BCUT2D eigenvalue weighted by Gasteiger charge is -2.34. The molecule has 2 aliphatic heterocycles. The van der Waals surface area contributed by atoms with E-state index in [2.05, 4.69) is 0 Å². The zero-order chi connectivity index (χ0) is 21.5. The molecule has 0 saturated carbocycles. The summed E-state index contributed by atoms with van der Waals surface area (Å²) >= 11 is 0. The lowest BCUT2D eigenvalue weighted by Crippen LogP contribution is -2.43. The normalized spacial score (nSPS) is 23.7. The number of nitrogens with zero attached hydrogens (tertiary/aromatic N) is 3. The highest BCUT2D eigenvalue weighted by Crippen LogP contribution is 2.28. The van der Waals surface area contributed by atoms with Crippen molar-refractivity contribution in [3.05, 3.63) is 28.7 Å². The van der Waals surface area contributed by atoms with Crippen molar-refractivity contribution in [3.8, 4) is 0 Å². The molecule has 2 fully saturated rings. The van der Waals surface area contributed by atoms with E-state index < -0.39 is 15.8 Å². The number of hydrogen-bond acceptors (Lipinski definition) is 6. The standard InChI is InChI=1S/C20H27N3O6S/c1-14-9-15(2)12-22(11-14)30(26,27)16-3-4-17-18(10-16)29-20(25)23(17)13-19(24)21-5-7-28-8-6-21/h3-4,10,14-15H,5-9,11-13H2,1-2H3/t14-,15+. The van der Waals surface area contributed by atoms with Crippen LogP contribution in [-0.2, 0) is 26.1 Å². The Morgan fingerprint density at radius 2 is 1.80 bits per heavy atom. The largest absolute Gasteiger partial charge is 0.420 e. The lowest BCUT2D eigenvalue weighted by molar-refractivity contribution is -0.135. The van der Waals surface area contributed by atoms with Crippen LogP contribution in [0.15, 0.2) is 32.3 Å². The van der Waals surface area contributed by atoms with Gasteiger partial charge in [-0.15, -0.1) is 0 Å². The molecule has 1 aromatic heterocycles. The second-order valence-corrected chi connectivity index (χ2v) is 10.3. The Labute approximate surface area is 175 Å². The number of ether oxygens (including phenoxy) is 1. The van der Waals surface area contributed by atoms with E-state index in [4.69, 9.17) is 9.15 Å². The molecule has 0 N–H and O–H groups in total. The predicted octanol–water partition coefficient (Wildman–Crippen LogP) is 1.12. The van der Waals surface area contributed by atoms with E-state index in [1.54, 1.807) is 4.90 Å². The van der Waals surface area contributed by atoms with Gasteiger partial charge in [-0.2, -0.15) is 4.31 Å². The number of oxazole rings is 1.